The van der Waals surface area contributed by atoms with Crippen LogP contribution in [0.1, 0.15) is 5.69 Å². The lowest BCUT2D eigenvalue weighted by Crippen LogP contribution is -1.74. The Morgan fingerprint density at radius 1 is 1.31 bits per heavy atom. The summed E-state index contributed by atoms with van der Waals surface area (Å²) in [6.45, 7) is 1.83. The Hall–Kier alpha value is -2.17. The van der Waals surface area contributed by atoms with Gasteiger partial charge in [0.05, 0.1) is 16.7 Å². The van der Waals surface area contributed by atoms with Gasteiger partial charge in [-0.1, -0.05) is 5.16 Å². The predicted molar refractivity (Wildman–Crippen MR) is 56.3 cm³/mol. The second kappa shape index (κ2) is 3.16. The molecule has 0 saturated heterocycles. The highest BCUT2D eigenvalue weighted by atomic mass is 19.1. The molecule has 1 aromatic carbocycles. The normalized spacial score (nSPS) is 11.1. The van der Waals surface area contributed by atoms with Crippen molar-refractivity contribution in [2.75, 3.05) is 0 Å². The molecule has 0 atom stereocenters. The topological polar surface area (TPSA) is 54.7 Å². The minimum absolute atomic E-state index is 0.295. The number of halogens is 1. The third kappa shape index (κ3) is 1.37. The number of aromatic amines is 1. The van der Waals surface area contributed by atoms with Gasteiger partial charge in [-0.25, -0.2) is 9.37 Å². The molecule has 0 spiro atoms. The van der Waals surface area contributed by atoms with E-state index >= 15 is 0 Å². The van der Waals surface area contributed by atoms with E-state index in [1.165, 1.54) is 12.1 Å². The number of hydrogen-bond donors (Lipinski definition) is 1. The van der Waals surface area contributed by atoms with Gasteiger partial charge in [0, 0.05) is 6.07 Å². The molecule has 0 radical (unpaired) electrons. The zero-order valence-electron chi connectivity index (χ0n) is 8.49. The van der Waals surface area contributed by atoms with Crippen LogP contribution in [0.25, 0.3) is 22.6 Å². The molecule has 3 aromatic rings. The highest BCUT2D eigenvalue weighted by Gasteiger charge is 2.10. The van der Waals surface area contributed by atoms with Crippen LogP contribution in [0.3, 0.4) is 0 Å². The van der Waals surface area contributed by atoms with E-state index in [0.717, 1.165) is 5.69 Å². The van der Waals surface area contributed by atoms with E-state index in [4.69, 9.17) is 4.52 Å². The minimum Gasteiger partial charge on any atom is -0.353 e. The summed E-state index contributed by atoms with van der Waals surface area (Å²) >= 11 is 0. The fourth-order valence-electron chi connectivity index (χ4n) is 1.57. The molecule has 5 heteroatoms. The van der Waals surface area contributed by atoms with Gasteiger partial charge in [-0.3, -0.25) is 0 Å². The van der Waals surface area contributed by atoms with Gasteiger partial charge in [0.1, 0.15) is 5.82 Å². The zero-order chi connectivity index (χ0) is 11.1. The van der Waals surface area contributed by atoms with Crippen LogP contribution >= 0.6 is 0 Å². The maximum absolute atomic E-state index is 13.0. The van der Waals surface area contributed by atoms with Crippen LogP contribution in [0.4, 0.5) is 4.39 Å². The van der Waals surface area contributed by atoms with Crippen molar-refractivity contribution >= 4 is 11.0 Å². The van der Waals surface area contributed by atoms with Crippen LogP contribution in [-0.4, -0.2) is 15.1 Å². The van der Waals surface area contributed by atoms with Gasteiger partial charge in [-0.05, 0) is 25.1 Å². The van der Waals surface area contributed by atoms with Crippen LogP contribution in [0.2, 0.25) is 0 Å². The first kappa shape index (κ1) is 9.08. The number of aryl methyl sites for hydroxylation is 1. The summed E-state index contributed by atoms with van der Waals surface area (Å²) in [6.07, 6.45) is 0. The highest BCUT2D eigenvalue weighted by molar-refractivity contribution is 5.78. The smallest absolute Gasteiger partial charge is 0.202 e. The number of hydrogen-bond acceptors (Lipinski definition) is 3. The van der Waals surface area contributed by atoms with Crippen molar-refractivity contribution in [2.45, 2.75) is 6.92 Å². The van der Waals surface area contributed by atoms with Crippen molar-refractivity contribution in [2.24, 2.45) is 0 Å². The van der Waals surface area contributed by atoms with Crippen molar-refractivity contribution in [3.8, 4) is 11.6 Å². The van der Waals surface area contributed by atoms with Crippen molar-refractivity contribution < 1.29 is 8.91 Å². The fraction of sp³-hybridized carbons (Fsp3) is 0.0909. The molecule has 0 fully saturated rings. The largest absolute Gasteiger partial charge is 0.353 e. The average Bonchev–Trinajstić information content (AvgIpc) is 2.83. The molecule has 4 nitrogen and oxygen atoms in total. The summed E-state index contributed by atoms with van der Waals surface area (Å²) in [6, 6.07) is 6.16. The van der Waals surface area contributed by atoms with E-state index in [1.807, 2.05) is 6.92 Å². The summed E-state index contributed by atoms with van der Waals surface area (Å²) in [5.41, 5.74) is 2.12. The first-order valence-corrected chi connectivity index (χ1v) is 4.81. The monoisotopic (exact) mass is 217 g/mol. The Bertz CT molecular complexity index is 656. The van der Waals surface area contributed by atoms with Gasteiger partial charge in [0.25, 0.3) is 0 Å². The Morgan fingerprint density at radius 2 is 2.19 bits per heavy atom. The minimum atomic E-state index is -0.295. The van der Waals surface area contributed by atoms with Crippen LogP contribution < -0.4 is 0 Å². The predicted octanol–water partition coefficient (Wildman–Crippen LogP) is 2.67. The lowest BCUT2D eigenvalue weighted by molar-refractivity contribution is 0.425. The molecular formula is C11H8FN3O. The molecule has 0 unspecified atom stereocenters. The Kier molecular flexibility index (Phi) is 1.80. The third-order valence-electron chi connectivity index (χ3n) is 2.31. The molecule has 0 bridgehead atoms. The van der Waals surface area contributed by atoms with E-state index in [1.54, 1.807) is 12.1 Å². The van der Waals surface area contributed by atoms with Crippen molar-refractivity contribution in [3.63, 3.8) is 0 Å². The molecule has 1 N–H and O–H groups in total. The van der Waals surface area contributed by atoms with Crippen LogP contribution in [-0.2, 0) is 0 Å². The van der Waals surface area contributed by atoms with Crippen molar-refractivity contribution in [1.82, 2.24) is 15.1 Å². The number of imidazole rings is 1. The first-order chi connectivity index (χ1) is 7.72. The van der Waals surface area contributed by atoms with Gasteiger partial charge >= 0.3 is 0 Å². The van der Waals surface area contributed by atoms with Crippen LogP contribution in [0, 0.1) is 12.7 Å². The molecule has 0 saturated carbocycles. The summed E-state index contributed by atoms with van der Waals surface area (Å²) < 4.78 is 18.0. The van der Waals surface area contributed by atoms with Crippen LogP contribution in [0.5, 0.6) is 0 Å². The van der Waals surface area contributed by atoms with E-state index in [-0.39, 0.29) is 5.82 Å². The average molecular weight is 217 g/mol. The number of nitrogens with zero attached hydrogens (tertiary/aromatic N) is 2. The number of fused-ring (bicyclic) bond motifs is 1. The quantitative estimate of drug-likeness (QED) is 0.681. The second-order valence-electron chi connectivity index (χ2n) is 3.58. The molecule has 2 heterocycles. The Balaban J connectivity index is 2.18. The number of rotatable bonds is 1. The van der Waals surface area contributed by atoms with Crippen molar-refractivity contribution in [1.29, 1.82) is 0 Å². The molecule has 0 aliphatic heterocycles. The summed E-state index contributed by atoms with van der Waals surface area (Å²) in [5.74, 6) is 0.812. The summed E-state index contributed by atoms with van der Waals surface area (Å²) in [4.78, 5) is 7.26. The number of benzene rings is 1. The molecule has 3 rings (SSSR count). The van der Waals surface area contributed by atoms with E-state index in [0.29, 0.717) is 22.6 Å². The number of H-pyrrole nitrogens is 1. The number of nitrogens with one attached hydrogen (secondary N) is 1. The molecular weight excluding hydrogens is 209 g/mol. The number of aromatic nitrogens is 3. The zero-order valence-corrected chi connectivity index (χ0v) is 8.49. The first-order valence-electron chi connectivity index (χ1n) is 4.81. The Labute approximate surface area is 90.1 Å². The lowest BCUT2D eigenvalue weighted by Gasteiger charge is -1.86. The maximum Gasteiger partial charge on any atom is 0.202 e. The van der Waals surface area contributed by atoms with Gasteiger partial charge in [-0.15, -0.1) is 0 Å². The SMILES string of the molecule is Cc1cc(-c2nc3ccc(F)cc3[nH]2)on1. The third-order valence-corrected chi connectivity index (χ3v) is 2.31. The second-order valence-corrected chi connectivity index (χ2v) is 3.58. The summed E-state index contributed by atoms with van der Waals surface area (Å²) in [5, 5.41) is 3.77. The molecule has 16 heavy (non-hydrogen) atoms. The highest BCUT2D eigenvalue weighted by Crippen LogP contribution is 2.21. The maximum atomic E-state index is 13.0. The lowest BCUT2D eigenvalue weighted by atomic mass is 10.3. The molecule has 0 aliphatic carbocycles. The van der Waals surface area contributed by atoms with Gasteiger partial charge in [-0.2, -0.15) is 0 Å². The van der Waals surface area contributed by atoms with Gasteiger partial charge < -0.3 is 9.51 Å². The Morgan fingerprint density at radius 3 is 2.94 bits per heavy atom. The van der Waals surface area contributed by atoms with Gasteiger partial charge in [0.2, 0.25) is 5.76 Å². The van der Waals surface area contributed by atoms with E-state index in [2.05, 4.69) is 15.1 Å². The summed E-state index contributed by atoms with van der Waals surface area (Å²) in [7, 11) is 0. The molecule has 80 valence electrons. The molecule has 0 aliphatic rings. The fourth-order valence-corrected chi connectivity index (χ4v) is 1.57. The standard InChI is InChI=1S/C11H8FN3O/c1-6-4-10(16-15-6)11-13-8-3-2-7(12)5-9(8)14-11/h2-5H,1H3,(H,13,14). The molecule has 2 aromatic heterocycles. The van der Waals surface area contributed by atoms with E-state index < -0.39 is 0 Å². The molecule has 0 amide bonds. The van der Waals surface area contributed by atoms with E-state index in [9.17, 15) is 4.39 Å². The van der Waals surface area contributed by atoms with Gasteiger partial charge in [0.15, 0.2) is 5.82 Å². The van der Waals surface area contributed by atoms with Crippen LogP contribution in [0.15, 0.2) is 28.8 Å². The van der Waals surface area contributed by atoms with Crippen molar-refractivity contribution in [3.05, 3.63) is 35.8 Å².